The Kier molecular flexibility index (Phi) is 10.6. The molecule has 1 aliphatic rings. The summed E-state index contributed by atoms with van der Waals surface area (Å²) in [6.07, 6.45) is 7.78. The van der Waals surface area contributed by atoms with E-state index < -0.39 is 0 Å². The van der Waals surface area contributed by atoms with Crippen LogP contribution in [-0.2, 0) is 4.79 Å². The molecule has 5 rings (SSSR count). The van der Waals surface area contributed by atoms with E-state index in [-0.39, 0.29) is 17.6 Å². The molecule has 37 heavy (non-hydrogen) atoms. The third kappa shape index (κ3) is 8.64. The van der Waals surface area contributed by atoms with Crippen LogP contribution >= 0.6 is 11.3 Å². The lowest BCUT2D eigenvalue weighted by Gasteiger charge is -2.11. The summed E-state index contributed by atoms with van der Waals surface area (Å²) >= 11 is 1.77. The summed E-state index contributed by atoms with van der Waals surface area (Å²) in [6, 6.07) is 22.0. The second-order valence-electron chi connectivity index (χ2n) is 9.69. The van der Waals surface area contributed by atoms with Gasteiger partial charge in [-0.05, 0) is 75.4 Å². The number of ketones is 1. The highest BCUT2D eigenvalue weighted by Crippen LogP contribution is 2.30. The van der Waals surface area contributed by atoms with Crippen LogP contribution < -0.4 is 5.43 Å². The number of Topliss-reactive ketones (excluding diaryl/α,β-unsaturated/α-hetero) is 1. The molecule has 0 radical (unpaired) electrons. The summed E-state index contributed by atoms with van der Waals surface area (Å²) in [6.45, 7) is 9.07. The van der Waals surface area contributed by atoms with Crippen LogP contribution in [0, 0.1) is 19.7 Å². The number of nitrogens with zero attached hydrogens (tertiary/aromatic N) is 1. The lowest BCUT2D eigenvalue weighted by atomic mass is 9.97. The van der Waals surface area contributed by atoms with Gasteiger partial charge >= 0.3 is 0 Å². The maximum atomic E-state index is 14.5. The Labute approximate surface area is 224 Å². The average Bonchev–Trinajstić information content (AvgIpc) is 3.23. The summed E-state index contributed by atoms with van der Waals surface area (Å²) in [5, 5.41) is 5.72. The molecule has 1 saturated carbocycles. The van der Waals surface area contributed by atoms with Gasteiger partial charge in [0, 0.05) is 20.7 Å². The highest BCUT2D eigenvalue weighted by molar-refractivity contribution is 7.19. The minimum atomic E-state index is -0.213. The van der Waals surface area contributed by atoms with E-state index in [0.29, 0.717) is 5.56 Å². The average molecular weight is 517 g/mol. The number of carbonyl (C=O) groups is 1. The van der Waals surface area contributed by atoms with Gasteiger partial charge in [-0.3, -0.25) is 0 Å². The molecule has 0 spiro atoms. The van der Waals surface area contributed by atoms with Crippen molar-refractivity contribution < 1.29 is 9.18 Å². The molecule has 1 heterocycles. The molecule has 1 aromatic heterocycles. The van der Waals surface area contributed by atoms with Crippen LogP contribution in [0.4, 0.5) is 4.39 Å². The van der Waals surface area contributed by atoms with Crippen molar-refractivity contribution in [3.8, 4) is 11.1 Å². The van der Waals surface area contributed by atoms with E-state index in [4.69, 9.17) is 0 Å². The first kappa shape index (κ1) is 28.3. The molecule has 0 amide bonds. The highest BCUT2D eigenvalue weighted by Gasteiger charge is 2.11. The molecule has 1 unspecified atom stereocenters. The first-order valence-corrected chi connectivity index (χ1v) is 13.7. The van der Waals surface area contributed by atoms with Crippen LogP contribution in [0.15, 0.2) is 71.8 Å². The number of nitrogens with one attached hydrogen (secondary N) is 1. The molecule has 5 heteroatoms. The molecule has 1 aliphatic carbocycles. The molecule has 3 aromatic carbocycles. The number of hydrazone groups is 1. The van der Waals surface area contributed by atoms with E-state index in [2.05, 4.69) is 47.8 Å². The minimum Gasteiger partial charge on any atom is -0.302 e. The predicted molar refractivity (Wildman–Crippen MR) is 157 cm³/mol. The van der Waals surface area contributed by atoms with Gasteiger partial charge in [-0.2, -0.15) is 5.10 Å². The number of hydrogen-bond donors (Lipinski definition) is 1. The fourth-order valence-electron chi connectivity index (χ4n) is 3.62. The zero-order chi connectivity index (χ0) is 26.8. The van der Waals surface area contributed by atoms with Crippen molar-refractivity contribution in [1.82, 2.24) is 5.43 Å². The van der Waals surface area contributed by atoms with Crippen molar-refractivity contribution in [2.75, 3.05) is 0 Å². The molecule has 0 aliphatic heterocycles. The van der Waals surface area contributed by atoms with Crippen LogP contribution in [-0.4, -0.2) is 12.0 Å². The van der Waals surface area contributed by atoms with Gasteiger partial charge in [0.2, 0.25) is 0 Å². The fraction of sp³-hybridized carbons (Fsp3) is 0.312. The first-order chi connectivity index (χ1) is 17.7. The molecule has 3 nitrogen and oxygen atoms in total. The van der Waals surface area contributed by atoms with Crippen LogP contribution in [0.3, 0.4) is 0 Å². The van der Waals surface area contributed by atoms with Crippen molar-refractivity contribution in [2.45, 2.75) is 66.3 Å². The Bertz CT molecular complexity index is 1310. The van der Waals surface area contributed by atoms with E-state index in [1.807, 2.05) is 44.2 Å². The van der Waals surface area contributed by atoms with Gasteiger partial charge in [-0.25, -0.2) is 4.39 Å². The number of carbonyl (C=O) groups excluding carboxylic acids is 1. The number of halogens is 1. The molecule has 0 saturated heterocycles. The summed E-state index contributed by atoms with van der Waals surface area (Å²) in [4.78, 5) is 10.7. The summed E-state index contributed by atoms with van der Waals surface area (Å²) < 4.78 is 15.8. The molecule has 0 bridgehead atoms. The van der Waals surface area contributed by atoms with Crippen LogP contribution in [0.5, 0.6) is 0 Å². The number of benzene rings is 3. The third-order valence-electron chi connectivity index (χ3n) is 5.97. The van der Waals surface area contributed by atoms with Crippen LogP contribution in [0.2, 0.25) is 0 Å². The Hall–Kier alpha value is -3.31. The lowest BCUT2D eigenvalue weighted by Crippen LogP contribution is -2.11. The van der Waals surface area contributed by atoms with Crippen LogP contribution in [0.1, 0.15) is 74.1 Å². The fourth-order valence-corrected chi connectivity index (χ4v) is 4.68. The Morgan fingerprint density at radius 2 is 1.51 bits per heavy atom. The quantitative estimate of drug-likeness (QED) is 0.212. The van der Waals surface area contributed by atoms with E-state index >= 15 is 0 Å². The van der Waals surface area contributed by atoms with E-state index in [1.165, 1.54) is 54.5 Å². The Morgan fingerprint density at radius 3 is 2.11 bits per heavy atom. The van der Waals surface area contributed by atoms with Crippen molar-refractivity contribution in [3.63, 3.8) is 0 Å². The number of thiophene rings is 1. The lowest BCUT2D eigenvalue weighted by molar-refractivity contribution is -0.114. The third-order valence-corrected chi connectivity index (χ3v) is 7.26. The number of rotatable bonds is 5. The van der Waals surface area contributed by atoms with Crippen molar-refractivity contribution in [2.24, 2.45) is 5.10 Å². The first-order valence-electron chi connectivity index (χ1n) is 12.9. The van der Waals surface area contributed by atoms with Crippen molar-refractivity contribution in [3.05, 3.63) is 94.1 Å². The van der Waals surface area contributed by atoms with Gasteiger partial charge in [0.25, 0.3) is 0 Å². The van der Waals surface area contributed by atoms with Gasteiger partial charge in [0.1, 0.15) is 11.6 Å². The summed E-state index contributed by atoms with van der Waals surface area (Å²) in [5.74, 6) is -0.0462. The van der Waals surface area contributed by atoms with Crippen molar-refractivity contribution in [1.29, 1.82) is 0 Å². The zero-order valence-corrected chi connectivity index (χ0v) is 23.3. The monoisotopic (exact) mass is 516 g/mol. The zero-order valence-electron chi connectivity index (χ0n) is 22.5. The summed E-state index contributed by atoms with van der Waals surface area (Å²) in [5.41, 5.74) is 7.56. The van der Waals surface area contributed by atoms with E-state index in [1.54, 1.807) is 23.6 Å². The van der Waals surface area contributed by atoms with E-state index in [9.17, 15) is 9.18 Å². The van der Waals surface area contributed by atoms with Gasteiger partial charge in [-0.1, -0.05) is 73.7 Å². The predicted octanol–water partition coefficient (Wildman–Crippen LogP) is 9.16. The topological polar surface area (TPSA) is 41.5 Å². The SMILES string of the molecule is C1CCC1.CC(C)=O.Cc1ccc(-c2ccc(C)cc2/C=N/NC(C)c2cc3ccccc3s2)c(F)c1. The number of fused-ring (bicyclic) bond motifs is 1. The number of aryl methyl sites for hydroxylation is 2. The van der Waals surface area contributed by atoms with E-state index in [0.717, 1.165) is 22.3 Å². The molecule has 1 fully saturated rings. The minimum absolute atomic E-state index is 0.0908. The molecule has 1 atom stereocenters. The molecule has 194 valence electrons. The Balaban J connectivity index is 0.000000411. The molecular formula is C32H37FN2OS. The van der Waals surface area contributed by atoms with Crippen LogP contribution in [0.25, 0.3) is 21.2 Å². The molecule has 1 N–H and O–H groups in total. The van der Waals surface area contributed by atoms with Gasteiger partial charge in [0.05, 0.1) is 12.3 Å². The van der Waals surface area contributed by atoms with Gasteiger partial charge in [-0.15, -0.1) is 11.3 Å². The van der Waals surface area contributed by atoms with Gasteiger partial charge < -0.3 is 10.2 Å². The largest absolute Gasteiger partial charge is 0.302 e. The molecular weight excluding hydrogens is 479 g/mol. The summed E-state index contributed by atoms with van der Waals surface area (Å²) in [7, 11) is 0. The smallest absolute Gasteiger partial charge is 0.131 e. The second kappa shape index (κ2) is 13.8. The second-order valence-corrected chi connectivity index (χ2v) is 10.8. The van der Waals surface area contributed by atoms with Crippen molar-refractivity contribution >= 4 is 33.4 Å². The Morgan fingerprint density at radius 1 is 0.919 bits per heavy atom. The highest BCUT2D eigenvalue weighted by atomic mass is 32.1. The molecule has 4 aromatic rings. The maximum absolute atomic E-state index is 14.5. The standard InChI is InChI=1S/C25H23FN2S.C4H8.C3H6O/c1-16-8-10-21(22-11-9-17(2)13-23(22)26)20(12-16)15-27-28-18(3)25-14-19-6-4-5-7-24(19)29-25;1-2-4-3-1;1-3(2)4/h4-15,18,28H,1-3H3;1-4H2;1-2H3/b27-15+;;. The maximum Gasteiger partial charge on any atom is 0.131 e. The normalized spacial score (nSPS) is 13.1. The number of hydrogen-bond acceptors (Lipinski definition) is 4. The van der Waals surface area contributed by atoms with Gasteiger partial charge in [0.15, 0.2) is 0 Å².